The van der Waals surface area contributed by atoms with Crippen molar-refractivity contribution in [3.05, 3.63) is 0 Å². The average Bonchev–Trinajstić information content (AvgIpc) is 2.79. The maximum absolute atomic E-state index is 12.9. The number of thiol groups is 1. The molecule has 0 saturated heterocycles. The van der Waals surface area contributed by atoms with Gasteiger partial charge in [0.05, 0.1) is 6.04 Å². The normalized spacial score (nSPS) is 15.2. The molecular weight excluding hydrogens is 482 g/mol. The summed E-state index contributed by atoms with van der Waals surface area (Å²) < 4.78 is 0. The summed E-state index contributed by atoms with van der Waals surface area (Å²) in [6, 6.07) is -3.97. The lowest BCUT2D eigenvalue weighted by Crippen LogP contribution is -2.59. The minimum absolute atomic E-state index is 0.0771. The fourth-order valence-corrected chi connectivity index (χ4v) is 3.57. The summed E-state index contributed by atoms with van der Waals surface area (Å²) in [5, 5.41) is 17.0. The molecule has 0 heterocycles. The molecule has 14 heteroatoms. The number of carbonyl (C=O) groups is 4. The summed E-state index contributed by atoms with van der Waals surface area (Å²) >= 11 is 5.68. The monoisotopic (exact) mass is 521 g/mol. The second kappa shape index (κ2) is 17.3. The predicted octanol–water partition coefficient (Wildman–Crippen LogP) is -1.36. The van der Waals surface area contributed by atoms with Crippen molar-refractivity contribution in [1.29, 1.82) is 0 Å². The Balaban J connectivity index is 5.19. The number of aliphatic imine (C=N–C) groups is 1. The summed E-state index contributed by atoms with van der Waals surface area (Å²) in [5.74, 6) is -2.68. The largest absolute Gasteiger partial charge is 0.480 e. The Hall–Kier alpha value is -2.19. The number of hydrogen-bond acceptors (Lipinski definition) is 8. The number of thioether (sulfide) groups is 1. The summed E-state index contributed by atoms with van der Waals surface area (Å²) in [7, 11) is 0. The first kappa shape index (κ1) is 31.8. The fourth-order valence-electron chi connectivity index (χ4n) is 2.83. The Morgan fingerprint density at radius 1 is 1.03 bits per heavy atom. The van der Waals surface area contributed by atoms with Crippen molar-refractivity contribution in [2.24, 2.45) is 28.1 Å². The molecule has 0 radical (unpaired) electrons. The Kier molecular flexibility index (Phi) is 16.2. The van der Waals surface area contributed by atoms with Gasteiger partial charge in [0.1, 0.15) is 18.1 Å². The molecule has 0 aromatic carbocycles. The van der Waals surface area contributed by atoms with Gasteiger partial charge < -0.3 is 38.3 Å². The maximum atomic E-state index is 12.9. The lowest BCUT2D eigenvalue weighted by molar-refractivity contribution is -0.142. The molecule has 0 spiro atoms. The number of aliphatic carboxylic acids is 1. The lowest BCUT2D eigenvalue weighted by Gasteiger charge is -2.27. The molecule has 0 aromatic rings. The number of carbonyl (C=O) groups excluding carboxylic acids is 3. The van der Waals surface area contributed by atoms with E-state index in [-0.39, 0.29) is 30.6 Å². The summed E-state index contributed by atoms with van der Waals surface area (Å²) in [6.07, 6.45) is 3.37. The lowest BCUT2D eigenvalue weighted by atomic mass is 9.97. The van der Waals surface area contributed by atoms with Gasteiger partial charge in [0.15, 0.2) is 5.96 Å². The first-order chi connectivity index (χ1) is 16.0. The number of nitrogens with one attached hydrogen (secondary N) is 3. The number of amides is 3. The van der Waals surface area contributed by atoms with Crippen LogP contribution in [-0.4, -0.2) is 83.2 Å². The second-order valence-electron chi connectivity index (χ2n) is 7.85. The van der Waals surface area contributed by atoms with Crippen molar-refractivity contribution in [3.63, 3.8) is 0 Å². The quantitative estimate of drug-likeness (QED) is 0.0490. The topological polar surface area (TPSA) is 215 Å². The maximum Gasteiger partial charge on any atom is 0.326 e. The molecule has 0 aromatic heterocycles. The molecule has 34 heavy (non-hydrogen) atoms. The van der Waals surface area contributed by atoms with Crippen molar-refractivity contribution >= 4 is 54.0 Å². The van der Waals surface area contributed by atoms with Gasteiger partial charge >= 0.3 is 5.97 Å². The number of hydrogen-bond donors (Lipinski definition) is 8. The zero-order valence-corrected chi connectivity index (χ0v) is 21.7. The Morgan fingerprint density at radius 3 is 2.15 bits per heavy atom. The minimum Gasteiger partial charge on any atom is -0.480 e. The van der Waals surface area contributed by atoms with E-state index in [1.165, 1.54) is 0 Å². The standard InChI is InChI=1S/C20H39N7O5S2/c1-4-11(2)15(27-16(28)12(21)7-9-34-3)18(30)26-14(10-33)17(29)25-13(19(31)32)6-5-8-24-20(22)23/h11-15,33H,4-10,21H2,1-3H3,(H,25,29)(H,26,30)(H,27,28)(H,31,32)(H4,22,23,24). The van der Waals surface area contributed by atoms with Crippen LogP contribution in [0.3, 0.4) is 0 Å². The number of nitrogens with zero attached hydrogens (tertiary/aromatic N) is 1. The van der Waals surface area contributed by atoms with Gasteiger partial charge in [0, 0.05) is 12.3 Å². The van der Waals surface area contributed by atoms with E-state index < -0.39 is 47.9 Å². The molecule has 12 nitrogen and oxygen atoms in total. The van der Waals surface area contributed by atoms with E-state index in [2.05, 4.69) is 33.6 Å². The molecule has 196 valence electrons. The molecule has 0 aliphatic rings. The average molecular weight is 522 g/mol. The van der Waals surface area contributed by atoms with Crippen molar-refractivity contribution in [3.8, 4) is 0 Å². The molecule has 10 N–H and O–H groups in total. The van der Waals surface area contributed by atoms with Crippen LogP contribution < -0.4 is 33.2 Å². The van der Waals surface area contributed by atoms with Crippen LogP contribution in [0, 0.1) is 5.92 Å². The van der Waals surface area contributed by atoms with E-state index in [0.29, 0.717) is 25.0 Å². The van der Waals surface area contributed by atoms with Crippen LogP contribution in [0.15, 0.2) is 4.99 Å². The highest BCUT2D eigenvalue weighted by Gasteiger charge is 2.31. The van der Waals surface area contributed by atoms with Gasteiger partial charge in [-0.2, -0.15) is 24.4 Å². The van der Waals surface area contributed by atoms with E-state index in [9.17, 15) is 24.3 Å². The molecule has 0 bridgehead atoms. The van der Waals surface area contributed by atoms with Crippen molar-refractivity contribution in [1.82, 2.24) is 16.0 Å². The number of carboxylic acid groups (broad SMARTS) is 1. The van der Waals surface area contributed by atoms with Gasteiger partial charge in [-0.15, -0.1) is 0 Å². The van der Waals surface area contributed by atoms with Crippen LogP contribution in [0.1, 0.15) is 39.5 Å². The Morgan fingerprint density at radius 2 is 1.65 bits per heavy atom. The summed E-state index contributed by atoms with van der Waals surface area (Å²) in [6.45, 7) is 3.88. The molecule has 5 atom stereocenters. The highest BCUT2D eigenvalue weighted by molar-refractivity contribution is 7.98. The van der Waals surface area contributed by atoms with E-state index in [1.54, 1.807) is 18.7 Å². The van der Waals surface area contributed by atoms with E-state index >= 15 is 0 Å². The highest BCUT2D eigenvalue weighted by atomic mass is 32.2. The molecule has 5 unspecified atom stereocenters. The Labute approximate surface area is 210 Å². The number of guanidine groups is 1. The molecule has 0 rings (SSSR count). The van der Waals surface area contributed by atoms with Crippen molar-refractivity contribution < 1.29 is 24.3 Å². The van der Waals surface area contributed by atoms with Crippen LogP contribution in [0.4, 0.5) is 0 Å². The number of carboxylic acids is 1. The molecule has 0 aliphatic heterocycles. The zero-order valence-electron chi connectivity index (χ0n) is 20.0. The van der Waals surface area contributed by atoms with Gasteiger partial charge in [-0.05, 0) is 37.2 Å². The third-order valence-corrected chi connectivity index (χ3v) is 6.15. The third-order valence-electron chi connectivity index (χ3n) is 5.14. The van der Waals surface area contributed by atoms with E-state index in [0.717, 1.165) is 0 Å². The zero-order chi connectivity index (χ0) is 26.3. The van der Waals surface area contributed by atoms with Crippen molar-refractivity contribution in [2.45, 2.75) is 63.7 Å². The van der Waals surface area contributed by atoms with Crippen LogP contribution in [-0.2, 0) is 19.2 Å². The summed E-state index contributed by atoms with van der Waals surface area (Å²) in [5.41, 5.74) is 16.4. The number of rotatable bonds is 17. The van der Waals surface area contributed by atoms with Gasteiger partial charge in [-0.1, -0.05) is 20.3 Å². The molecule has 0 saturated carbocycles. The SMILES string of the molecule is CCC(C)C(NC(=O)C(N)CCSC)C(=O)NC(CS)C(=O)NC(CCCN=C(N)N)C(=O)O. The fraction of sp³-hybridized carbons (Fsp3) is 0.750. The molecule has 0 aliphatic carbocycles. The number of nitrogens with two attached hydrogens (primary N) is 3. The van der Waals surface area contributed by atoms with Gasteiger partial charge in [-0.3, -0.25) is 19.4 Å². The van der Waals surface area contributed by atoms with Crippen LogP contribution >= 0.6 is 24.4 Å². The van der Waals surface area contributed by atoms with Gasteiger partial charge in [0.2, 0.25) is 17.7 Å². The highest BCUT2D eigenvalue weighted by Crippen LogP contribution is 2.10. The smallest absolute Gasteiger partial charge is 0.326 e. The van der Waals surface area contributed by atoms with E-state index in [4.69, 9.17) is 17.2 Å². The molecular formula is C20H39N7O5S2. The van der Waals surface area contributed by atoms with Crippen LogP contribution in [0.25, 0.3) is 0 Å². The minimum atomic E-state index is -1.23. The van der Waals surface area contributed by atoms with Crippen LogP contribution in [0.5, 0.6) is 0 Å². The predicted molar refractivity (Wildman–Crippen MR) is 138 cm³/mol. The van der Waals surface area contributed by atoms with Gasteiger partial charge in [-0.25, -0.2) is 4.79 Å². The molecule has 0 fully saturated rings. The first-order valence-corrected chi connectivity index (χ1v) is 13.1. The van der Waals surface area contributed by atoms with Gasteiger partial charge in [0.25, 0.3) is 0 Å². The van der Waals surface area contributed by atoms with E-state index in [1.807, 2.05) is 13.2 Å². The second-order valence-corrected chi connectivity index (χ2v) is 9.20. The van der Waals surface area contributed by atoms with Crippen molar-refractivity contribution in [2.75, 3.05) is 24.3 Å². The first-order valence-electron chi connectivity index (χ1n) is 11.0. The summed E-state index contributed by atoms with van der Waals surface area (Å²) in [4.78, 5) is 53.4. The van der Waals surface area contributed by atoms with Crippen LogP contribution in [0.2, 0.25) is 0 Å². The third kappa shape index (κ3) is 12.3. The molecule has 3 amide bonds. The Bertz CT molecular complexity index is 707.